The van der Waals surface area contributed by atoms with Gasteiger partial charge in [0.05, 0.1) is 18.6 Å². The largest absolute Gasteiger partial charge is 0.468 e. The van der Waals surface area contributed by atoms with E-state index in [2.05, 4.69) is 22.9 Å². The maximum atomic E-state index is 13.1. The molecule has 5 nitrogen and oxygen atoms in total. The molecule has 0 saturated carbocycles. The van der Waals surface area contributed by atoms with E-state index in [-0.39, 0.29) is 23.3 Å². The second-order valence-corrected chi connectivity index (χ2v) is 12.1. The number of hydrogen-bond donors (Lipinski definition) is 0. The number of benzene rings is 1. The second kappa shape index (κ2) is 21.5. The molecule has 0 N–H and O–H groups in total. The molecule has 216 valence electrons. The average molecular weight is 613 g/mol. The molecule has 0 aliphatic rings. The van der Waals surface area contributed by atoms with Crippen molar-refractivity contribution in [1.82, 2.24) is 0 Å². The molecule has 0 spiro atoms. The van der Waals surface area contributed by atoms with Crippen molar-refractivity contribution in [3.63, 3.8) is 0 Å². The van der Waals surface area contributed by atoms with E-state index >= 15 is 0 Å². The van der Waals surface area contributed by atoms with Gasteiger partial charge in [-0.05, 0) is 37.5 Å². The molecule has 0 atom stereocenters. The van der Waals surface area contributed by atoms with Gasteiger partial charge in [-0.2, -0.15) is 0 Å². The highest BCUT2D eigenvalue weighted by Gasteiger charge is 2.24. The summed E-state index contributed by atoms with van der Waals surface area (Å²) in [7, 11) is 1.31. The van der Waals surface area contributed by atoms with Gasteiger partial charge in [-0.15, -0.1) is 0 Å². The van der Waals surface area contributed by atoms with E-state index in [1.165, 1.54) is 95.5 Å². The number of nitrogens with zero attached hydrogens (tertiary/aromatic N) is 1. The van der Waals surface area contributed by atoms with Crippen LogP contribution in [-0.2, 0) is 19.1 Å². The maximum Gasteiger partial charge on any atom is 0.325 e. The highest BCUT2D eigenvalue weighted by Crippen LogP contribution is 2.31. The predicted molar refractivity (Wildman–Crippen MR) is 165 cm³/mol. The van der Waals surface area contributed by atoms with Crippen LogP contribution >= 0.6 is 27.7 Å². The topological polar surface area (TPSA) is 63.7 Å². The molecule has 0 radical (unpaired) electrons. The SMILES string of the molecule is CCCCCCCCCCCCCCCCCC(=O)SCC(=O)N(CC(=O)OC)c1c(C)ccc(Br)c1C. The van der Waals surface area contributed by atoms with Gasteiger partial charge in [0.15, 0.2) is 5.12 Å². The zero-order valence-electron chi connectivity index (χ0n) is 24.2. The standard InChI is InChI=1S/C31H50BrNO4S/c1-5-6-7-8-9-10-11-12-13-14-15-16-17-18-19-20-30(36)38-24-28(34)33(23-29(35)37-4)31-25(2)21-22-27(32)26(31)3/h21-22H,5-20,23-24H2,1-4H3. The fourth-order valence-electron chi connectivity index (χ4n) is 4.64. The first-order chi connectivity index (χ1) is 18.3. The second-order valence-electron chi connectivity index (χ2n) is 10.3. The number of carbonyl (C=O) groups excluding carboxylic acids is 3. The van der Waals surface area contributed by atoms with Crippen molar-refractivity contribution >= 4 is 50.4 Å². The fourth-order valence-corrected chi connectivity index (χ4v) is 5.69. The van der Waals surface area contributed by atoms with E-state index in [1.54, 1.807) is 0 Å². The Bertz CT molecular complexity index is 845. The zero-order chi connectivity index (χ0) is 28.2. The summed E-state index contributed by atoms with van der Waals surface area (Å²) >= 11 is 4.56. The van der Waals surface area contributed by atoms with E-state index in [0.29, 0.717) is 12.1 Å². The quantitative estimate of drug-likeness (QED) is 0.102. The van der Waals surface area contributed by atoms with Crippen LogP contribution in [0.1, 0.15) is 121 Å². The molecule has 1 amide bonds. The first-order valence-electron chi connectivity index (χ1n) is 14.6. The Morgan fingerprint density at radius 3 is 1.82 bits per heavy atom. The number of anilines is 1. The van der Waals surface area contributed by atoms with Gasteiger partial charge in [0.25, 0.3) is 0 Å². The molecular weight excluding hydrogens is 562 g/mol. The summed E-state index contributed by atoms with van der Waals surface area (Å²) in [6.45, 7) is 5.89. The van der Waals surface area contributed by atoms with E-state index in [9.17, 15) is 14.4 Å². The summed E-state index contributed by atoms with van der Waals surface area (Å²) in [5.41, 5.74) is 2.44. The molecule has 0 aromatic heterocycles. The number of rotatable bonds is 21. The molecule has 0 aliphatic heterocycles. The van der Waals surface area contributed by atoms with Crippen LogP contribution in [0.3, 0.4) is 0 Å². The Labute approximate surface area is 244 Å². The lowest BCUT2D eigenvalue weighted by atomic mass is 10.0. The lowest BCUT2D eigenvalue weighted by Crippen LogP contribution is -2.38. The van der Waals surface area contributed by atoms with Crippen molar-refractivity contribution in [2.45, 2.75) is 124 Å². The first kappa shape index (κ1) is 34.7. The monoisotopic (exact) mass is 611 g/mol. The number of ether oxygens (including phenoxy) is 1. The van der Waals surface area contributed by atoms with E-state index < -0.39 is 5.97 Å². The molecule has 1 rings (SSSR count). The van der Waals surface area contributed by atoms with Gasteiger partial charge in [-0.1, -0.05) is 131 Å². The van der Waals surface area contributed by atoms with Gasteiger partial charge in [-0.3, -0.25) is 19.3 Å². The zero-order valence-corrected chi connectivity index (χ0v) is 26.7. The number of esters is 1. The number of aryl methyl sites for hydroxylation is 1. The number of thioether (sulfide) groups is 1. The number of unbranched alkanes of at least 4 members (excludes halogenated alkanes) is 14. The first-order valence-corrected chi connectivity index (χ1v) is 16.4. The number of methoxy groups -OCH3 is 1. The molecule has 38 heavy (non-hydrogen) atoms. The van der Waals surface area contributed by atoms with E-state index in [1.807, 2.05) is 26.0 Å². The summed E-state index contributed by atoms with van der Waals surface area (Å²) in [4.78, 5) is 38.9. The molecule has 0 unspecified atom stereocenters. The Balaban J connectivity index is 2.23. The van der Waals surface area contributed by atoms with Crippen LogP contribution in [0, 0.1) is 13.8 Å². The highest BCUT2D eigenvalue weighted by atomic mass is 79.9. The van der Waals surface area contributed by atoms with Gasteiger partial charge in [-0.25, -0.2) is 0 Å². The van der Waals surface area contributed by atoms with Crippen LogP contribution in [0.5, 0.6) is 0 Å². The lowest BCUT2D eigenvalue weighted by molar-refractivity contribution is -0.139. The fraction of sp³-hybridized carbons (Fsp3) is 0.710. The van der Waals surface area contributed by atoms with Crippen molar-refractivity contribution in [3.05, 3.63) is 27.7 Å². The molecule has 0 fully saturated rings. The van der Waals surface area contributed by atoms with Crippen LogP contribution in [-0.4, -0.2) is 36.4 Å². The van der Waals surface area contributed by atoms with E-state index in [0.717, 1.165) is 40.2 Å². The average Bonchev–Trinajstić information content (AvgIpc) is 2.91. The minimum absolute atomic E-state index is 0.0139. The molecule has 0 saturated heterocycles. The minimum Gasteiger partial charge on any atom is -0.468 e. The van der Waals surface area contributed by atoms with Gasteiger partial charge in [0, 0.05) is 10.9 Å². The number of amides is 1. The molecule has 1 aromatic rings. The van der Waals surface area contributed by atoms with Crippen LogP contribution < -0.4 is 4.90 Å². The van der Waals surface area contributed by atoms with Gasteiger partial charge >= 0.3 is 5.97 Å². The van der Waals surface area contributed by atoms with Crippen LogP contribution in [0.15, 0.2) is 16.6 Å². The molecule has 0 aliphatic carbocycles. The summed E-state index contributed by atoms with van der Waals surface area (Å²) in [6.07, 6.45) is 19.9. The smallest absolute Gasteiger partial charge is 0.325 e. The Morgan fingerprint density at radius 1 is 0.816 bits per heavy atom. The normalized spacial score (nSPS) is 11.0. The van der Waals surface area contributed by atoms with Crippen LogP contribution in [0.4, 0.5) is 5.69 Å². The third-order valence-corrected chi connectivity index (χ3v) is 8.77. The summed E-state index contributed by atoms with van der Waals surface area (Å²) < 4.78 is 5.67. The van der Waals surface area contributed by atoms with Crippen LogP contribution in [0.25, 0.3) is 0 Å². The molecule has 0 bridgehead atoms. The Morgan fingerprint density at radius 2 is 1.32 bits per heavy atom. The Hall–Kier alpha value is -1.34. The van der Waals surface area contributed by atoms with Crippen LogP contribution in [0.2, 0.25) is 0 Å². The van der Waals surface area contributed by atoms with Crippen molar-refractivity contribution < 1.29 is 19.1 Å². The Kier molecular flexibility index (Phi) is 19.6. The van der Waals surface area contributed by atoms with Gasteiger partial charge in [0.2, 0.25) is 5.91 Å². The summed E-state index contributed by atoms with van der Waals surface area (Å²) in [5, 5.41) is 0.0359. The number of halogens is 1. The van der Waals surface area contributed by atoms with Crippen molar-refractivity contribution in [2.24, 2.45) is 0 Å². The number of hydrogen-bond acceptors (Lipinski definition) is 5. The molecule has 7 heteroatoms. The van der Waals surface area contributed by atoms with Gasteiger partial charge < -0.3 is 4.74 Å². The van der Waals surface area contributed by atoms with Crippen molar-refractivity contribution in [1.29, 1.82) is 0 Å². The summed E-state index contributed by atoms with van der Waals surface area (Å²) in [6, 6.07) is 3.82. The third-order valence-electron chi connectivity index (χ3n) is 6.99. The lowest BCUT2D eigenvalue weighted by Gasteiger charge is -2.25. The minimum atomic E-state index is -0.494. The highest BCUT2D eigenvalue weighted by molar-refractivity contribution is 9.10. The summed E-state index contributed by atoms with van der Waals surface area (Å²) in [5.74, 6) is -0.749. The molecular formula is C31H50BrNO4S. The number of carbonyl (C=O) groups is 3. The van der Waals surface area contributed by atoms with E-state index in [4.69, 9.17) is 4.74 Å². The maximum absolute atomic E-state index is 13.1. The third kappa shape index (κ3) is 14.7. The van der Waals surface area contributed by atoms with Crippen molar-refractivity contribution in [2.75, 3.05) is 24.3 Å². The predicted octanol–water partition coefficient (Wildman–Crippen LogP) is 9.09. The molecule has 1 aromatic carbocycles. The van der Waals surface area contributed by atoms with Crippen molar-refractivity contribution in [3.8, 4) is 0 Å². The van der Waals surface area contributed by atoms with Gasteiger partial charge in [0.1, 0.15) is 6.54 Å². The molecule has 0 heterocycles.